The Labute approximate surface area is 123 Å². The zero-order valence-corrected chi connectivity index (χ0v) is 12.2. The average molecular weight is 291 g/mol. The summed E-state index contributed by atoms with van der Waals surface area (Å²) >= 11 is 0. The summed E-state index contributed by atoms with van der Waals surface area (Å²) in [7, 11) is 0. The van der Waals surface area contributed by atoms with Crippen molar-refractivity contribution in [3.63, 3.8) is 0 Å². The first-order valence-corrected chi connectivity index (χ1v) is 7.02. The molecule has 2 aromatic carbocycles. The zero-order chi connectivity index (χ0) is 15.2. The van der Waals surface area contributed by atoms with Crippen LogP contribution in [-0.4, -0.2) is 6.54 Å². The van der Waals surface area contributed by atoms with Crippen LogP contribution in [0.3, 0.4) is 0 Å². The van der Waals surface area contributed by atoms with Gasteiger partial charge >= 0.3 is 0 Å². The minimum Gasteiger partial charge on any atom is -0.457 e. The van der Waals surface area contributed by atoms with Gasteiger partial charge in [-0.3, -0.25) is 0 Å². The van der Waals surface area contributed by atoms with Crippen LogP contribution in [0.2, 0.25) is 0 Å². The second kappa shape index (κ2) is 7.18. The SMILES string of the molecule is CCCNCc1ccc(Oc2cc(F)cc(F)c2)cc1C. The van der Waals surface area contributed by atoms with Gasteiger partial charge in [-0.05, 0) is 43.1 Å². The minimum atomic E-state index is -0.651. The number of benzene rings is 2. The largest absolute Gasteiger partial charge is 0.457 e. The Morgan fingerprint density at radius 2 is 1.71 bits per heavy atom. The first-order chi connectivity index (χ1) is 10.1. The van der Waals surface area contributed by atoms with E-state index in [4.69, 9.17) is 4.74 Å². The normalized spacial score (nSPS) is 10.7. The van der Waals surface area contributed by atoms with Crippen molar-refractivity contribution in [1.82, 2.24) is 5.32 Å². The lowest BCUT2D eigenvalue weighted by Gasteiger charge is -2.11. The molecule has 0 amide bonds. The Bertz CT molecular complexity index is 593. The summed E-state index contributed by atoms with van der Waals surface area (Å²) in [6.45, 7) is 5.88. The van der Waals surface area contributed by atoms with Gasteiger partial charge in [-0.25, -0.2) is 8.78 Å². The quantitative estimate of drug-likeness (QED) is 0.787. The third-order valence-corrected chi connectivity index (χ3v) is 3.13. The Morgan fingerprint density at radius 3 is 2.33 bits per heavy atom. The zero-order valence-electron chi connectivity index (χ0n) is 12.2. The van der Waals surface area contributed by atoms with Crippen molar-refractivity contribution in [1.29, 1.82) is 0 Å². The summed E-state index contributed by atoms with van der Waals surface area (Å²) in [5, 5.41) is 3.34. The number of ether oxygens (including phenoxy) is 1. The van der Waals surface area contributed by atoms with E-state index >= 15 is 0 Å². The summed E-state index contributed by atoms with van der Waals surface area (Å²) in [4.78, 5) is 0. The van der Waals surface area contributed by atoms with Crippen LogP contribution in [0.25, 0.3) is 0 Å². The molecule has 0 aliphatic carbocycles. The Balaban J connectivity index is 2.09. The molecular formula is C17H19F2NO. The average Bonchev–Trinajstić information content (AvgIpc) is 2.40. The molecule has 4 heteroatoms. The van der Waals surface area contributed by atoms with Crippen LogP contribution in [0.15, 0.2) is 36.4 Å². The summed E-state index contributed by atoms with van der Waals surface area (Å²) in [5.41, 5.74) is 2.26. The summed E-state index contributed by atoms with van der Waals surface area (Å²) in [6, 6.07) is 8.78. The highest BCUT2D eigenvalue weighted by atomic mass is 19.1. The van der Waals surface area contributed by atoms with E-state index in [0.717, 1.165) is 43.3 Å². The first-order valence-electron chi connectivity index (χ1n) is 7.02. The van der Waals surface area contributed by atoms with Crippen molar-refractivity contribution in [2.24, 2.45) is 0 Å². The molecule has 2 rings (SSSR count). The van der Waals surface area contributed by atoms with Crippen molar-refractivity contribution < 1.29 is 13.5 Å². The Hall–Kier alpha value is -1.94. The van der Waals surface area contributed by atoms with Gasteiger partial charge in [0, 0.05) is 24.7 Å². The highest BCUT2D eigenvalue weighted by Gasteiger charge is 2.05. The van der Waals surface area contributed by atoms with Gasteiger partial charge in [0.15, 0.2) is 0 Å². The maximum absolute atomic E-state index is 13.1. The van der Waals surface area contributed by atoms with Crippen molar-refractivity contribution in [2.45, 2.75) is 26.8 Å². The van der Waals surface area contributed by atoms with Crippen LogP contribution in [0.1, 0.15) is 24.5 Å². The van der Waals surface area contributed by atoms with Crippen molar-refractivity contribution >= 4 is 0 Å². The monoisotopic (exact) mass is 291 g/mol. The lowest BCUT2D eigenvalue weighted by Crippen LogP contribution is -2.14. The molecule has 112 valence electrons. The molecular weight excluding hydrogens is 272 g/mol. The molecule has 0 aliphatic heterocycles. The first kappa shape index (κ1) is 15.4. The van der Waals surface area contributed by atoms with Gasteiger partial charge in [0.25, 0.3) is 0 Å². The van der Waals surface area contributed by atoms with Crippen LogP contribution in [0, 0.1) is 18.6 Å². The number of aryl methyl sites for hydroxylation is 1. The van der Waals surface area contributed by atoms with E-state index in [1.54, 1.807) is 6.07 Å². The fourth-order valence-electron chi connectivity index (χ4n) is 2.05. The Morgan fingerprint density at radius 1 is 1.00 bits per heavy atom. The second-order valence-electron chi connectivity index (χ2n) is 4.97. The molecule has 0 unspecified atom stereocenters. The molecule has 0 bridgehead atoms. The van der Waals surface area contributed by atoms with Gasteiger partial charge in [0.1, 0.15) is 23.1 Å². The molecule has 21 heavy (non-hydrogen) atoms. The van der Waals surface area contributed by atoms with Crippen LogP contribution in [0.4, 0.5) is 8.78 Å². The summed E-state index contributed by atoms with van der Waals surface area (Å²) < 4.78 is 31.7. The molecule has 0 aromatic heterocycles. The van der Waals surface area contributed by atoms with Crippen molar-refractivity contribution in [3.8, 4) is 11.5 Å². The highest BCUT2D eigenvalue weighted by Crippen LogP contribution is 2.25. The number of hydrogen-bond acceptors (Lipinski definition) is 2. The van der Waals surface area contributed by atoms with E-state index in [1.165, 1.54) is 5.56 Å². The third kappa shape index (κ3) is 4.53. The summed E-state index contributed by atoms with van der Waals surface area (Å²) in [5.74, 6) is -0.579. The predicted molar refractivity (Wildman–Crippen MR) is 79.6 cm³/mol. The number of halogens is 2. The Kier molecular flexibility index (Phi) is 5.28. The molecule has 0 spiro atoms. The third-order valence-electron chi connectivity index (χ3n) is 3.13. The smallest absolute Gasteiger partial charge is 0.133 e. The van der Waals surface area contributed by atoms with Gasteiger partial charge in [0.05, 0.1) is 0 Å². The van der Waals surface area contributed by atoms with Gasteiger partial charge in [-0.1, -0.05) is 13.0 Å². The highest BCUT2D eigenvalue weighted by molar-refractivity contribution is 5.38. The molecule has 0 radical (unpaired) electrons. The predicted octanol–water partition coefficient (Wildman–Crippen LogP) is 4.57. The topological polar surface area (TPSA) is 21.3 Å². The second-order valence-corrected chi connectivity index (χ2v) is 4.97. The molecule has 1 N–H and O–H groups in total. The van der Waals surface area contributed by atoms with Crippen LogP contribution < -0.4 is 10.1 Å². The van der Waals surface area contributed by atoms with E-state index in [1.807, 2.05) is 19.1 Å². The molecule has 0 heterocycles. The maximum Gasteiger partial charge on any atom is 0.133 e. The van der Waals surface area contributed by atoms with Gasteiger partial charge < -0.3 is 10.1 Å². The summed E-state index contributed by atoms with van der Waals surface area (Å²) in [6.07, 6.45) is 1.09. The lowest BCUT2D eigenvalue weighted by molar-refractivity contribution is 0.467. The van der Waals surface area contributed by atoms with Gasteiger partial charge in [-0.2, -0.15) is 0 Å². The molecule has 0 saturated heterocycles. The van der Waals surface area contributed by atoms with E-state index in [0.29, 0.717) is 5.75 Å². The standard InChI is InChI=1S/C17H19F2NO/c1-3-6-20-11-13-4-5-16(7-12(13)2)21-17-9-14(18)8-15(19)10-17/h4-5,7-10,20H,3,6,11H2,1-2H3. The molecule has 0 atom stereocenters. The molecule has 0 aliphatic rings. The fraction of sp³-hybridized carbons (Fsp3) is 0.294. The lowest BCUT2D eigenvalue weighted by atomic mass is 10.1. The minimum absolute atomic E-state index is 0.156. The van der Waals surface area contributed by atoms with Gasteiger partial charge in [-0.15, -0.1) is 0 Å². The molecule has 0 saturated carbocycles. The molecule has 0 fully saturated rings. The van der Waals surface area contributed by atoms with E-state index in [9.17, 15) is 8.78 Å². The number of rotatable bonds is 6. The number of hydrogen-bond donors (Lipinski definition) is 1. The van der Waals surface area contributed by atoms with Crippen LogP contribution in [0.5, 0.6) is 11.5 Å². The van der Waals surface area contributed by atoms with Crippen LogP contribution in [-0.2, 0) is 6.54 Å². The molecule has 2 aromatic rings. The van der Waals surface area contributed by atoms with E-state index in [2.05, 4.69) is 12.2 Å². The van der Waals surface area contributed by atoms with Crippen LogP contribution >= 0.6 is 0 Å². The van der Waals surface area contributed by atoms with Crippen molar-refractivity contribution in [3.05, 3.63) is 59.2 Å². The van der Waals surface area contributed by atoms with Crippen molar-refractivity contribution in [2.75, 3.05) is 6.54 Å². The number of nitrogens with one attached hydrogen (secondary N) is 1. The molecule has 2 nitrogen and oxygen atoms in total. The van der Waals surface area contributed by atoms with Gasteiger partial charge in [0.2, 0.25) is 0 Å². The van der Waals surface area contributed by atoms with E-state index < -0.39 is 11.6 Å². The van der Waals surface area contributed by atoms with E-state index in [-0.39, 0.29) is 5.75 Å². The maximum atomic E-state index is 13.1. The fourth-order valence-corrected chi connectivity index (χ4v) is 2.05.